The molecule has 2 aromatic heterocycles. The molecule has 5 rings (SSSR count). The van der Waals surface area contributed by atoms with Gasteiger partial charge in [0, 0.05) is 5.92 Å². The van der Waals surface area contributed by atoms with Gasteiger partial charge in [0.05, 0.1) is 25.0 Å². The summed E-state index contributed by atoms with van der Waals surface area (Å²) in [7, 11) is -2.03. The van der Waals surface area contributed by atoms with Gasteiger partial charge in [0.1, 0.15) is 11.8 Å². The Labute approximate surface area is 206 Å². The number of carbonyl (C=O) groups is 1. The average molecular weight is 496 g/mol. The first-order chi connectivity index (χ1) is 16.6. The lowest BCUT2D eigenvalue weighted by Gasteiger charge is -2.37. The highest BCUT2D eigenvalue weighted by Crippen LogP contribution is 2.48. The molecule has 186 valence electrons. The van der Waals surface area contributed by atoms with Crippen molar-refractivity contribution >= 4 is 31.3 Å². The molecule has 4 heterocycles. The Kier molecular flexibility index (Phi) is 5.93. The van der Waals surface area contributed by atoms with E-state index in [9.17, 15) is 4.79 Å². The lowest BCUT2D eigenvalue weighted by molar-refractivity contribution is -0.152. The summed E-state index contributed by atoms with van der Waals surface area (Å²) in [6, 6.07) is 10.0. The van der Waals surface area contributed by atoms with Gasteiger partial charge in [0.15, 0.2) is 32.1 Å². The normalized spacial score (nSPS) is 26.8. The first-order valence-electron chi connectivity index (χ1n) is 12.0. The van der Waals surface area contributed by atoms with E-state index in [0.29, 0.717) is 30.0 Å². The molecule has 10 heteroatoms. The molecule has 35 heavy (non-hydrogen) atoms. The molecule has 2 aliphatic heterocycles. The smallest absolute Gasteiger partial charge is 0.310 e. The molecule has 0 amide bonds. The van der Waals surface area contributed by atoms with Crippen LogP contribution in [0, 0.1) is 11.8 Å². The summed E-state index contributed by atoms with van der Waals surface area (Å²) in [5, 5.41) is 0.0604. The van der Waals surface area contributed by atoms with E-state index in [1.165, 1.54) is 6.33 Å². The first-order valence-corrected chi connectivity index (χ1v) is 14.9. The largest absolute Gasteiger partial charge is 0.457 e. The molecule has 0 spiro atoms. The number of imidazole rings is 1. The van der Waals surface area contributed by atoms with Crippen molar-refractivity contribution in [2.45, 2.75) is 63.8 Å². The van der Waals surface area contributed by atoms with Crippen molar-refractivity contribution < 1.29 is 18.7 Å². The minimum atomic E-state index is -2.03. The van der Waals surface area contributed by atoms with Gasteiger partial charge in [0.2, 0.25) is 0 Å². The van der Waals surface area contributed by atoms with Crippen LogP contribution in [0.5, 0.6) is 0 Å². The number of esters is 1. The number of aromatic nitrogens is 4. The van der Waals surface area contributed by atoms with Crippen LogP contribution in [0.3, 0.4) is 0 Å². The Balaban J connectivity index is 1.48. The number of nitrogens with two attached hydrogens (primary N) is 1. The number of benzene rings is 1. The Bertz CT molecular complexity index is 1230. The fourth-order valence-corrected chi connectivity index (χ4v) is 5.79. The van der Waals surface area contributed by atoms with Gasteiger partial charge in [-0.3, -0.25) is 9.36 Å². The van der Waals surface area contributed by atoms with Crippen LogP contribution in [-0.4, -0.2) is 52.6 Å². The summed E-state index contributed by atoms with van der Waals surface area (Å²) < 4.78 is 20.9. The molecule has 2 N–H and O–H groups in total. The third-order valence-electron chi connectivity index (χ3n) is 7.80. The van der Waals surface area contributed by atoms with E-state index in [-0.39, 0.29) is 28.9 Å². The second-order valence-corrected chi connectivity index (χ2v) is 15.8. The average Bonchev–Trinajstić information content (AvgIpc) is 3.47. The predicted octanol–water partition coefficient (Wildman–Crippen LogP) is 3.73. The summed E-state index contributed by atoms with van der Waals surface area (Å²) >= 11 is 0. The third-order valence-corrected chi connectivity index (χ3v) is 12.3. The van der Waals surface area contributed by atoms with E-state index < -0.39 is 20.6 Å². The van der Waals surface area contributed by atoms with Crippen molar-refractivity contribution in [2.24, 2.45) is 11.8 Å². The topological polar surface area (TPSA) is 114 Å². The number of nitrogen functional groups attached to an aromatic ring is 1. The highest BCUT2D eigenvalue weighted by Gasteiger charge is 2.58. The van der Waals surface area contributed by atoms with Crippen LogP contribution in [0.4, 0.5) is 5.82 Å². The minimum Gasteiger partial charge on any atom is -0.457 e. The zero-order chi connectivity index (χ0) is 25.0. The third kappa shape index (κ3) is 4.23. The Morgan fingerprint density at radius 3 is 2.60 bits per heavy atom. The molecular formula is C25H33N5O4Si. The number of carbonyl (C=O) groups excluding carboxylic acids is 1. The second-order valence-electron chi connectivity index (χ2n) is 11.0. The fraction of sp³-hybridized carbons (Fsp3) is 0.520. The molecule has 9 nitrogen and oxygen atoms in total. The van der Waals surface area contributed by atoms with Crippen molar-refractivity contribution in [3.63, 3.8) is 0 Å². The molecule has 0 bridgehead atoms. The first kappa shape index (κ1) is 23.9. The number of hydrogen-bond acceptors (Lipinski definition) is 8. The van der Waals surface area contributed by atoms with Crippen LogP contribution < -0.4 is 5.73 Å². The summed E-state index contributed by atoms with van der Waals surface area (Å²) in [6.45, 7) is 11.5. The lowest BCUT2D eigenvalue weighted by Crippen LogP contribution is -2.44. The molecule has 0 radical (unpaired) electrons. The molecule has 2 aliphatic rings. The zero-order valence-electron chi connectivity index (χ0n) is 20.8. The highest BCUT2D eigenvalue weighted by atomic mass is 28.4. The lowest BCUT2D eigenvalue weighted by atomic mass is 9.83. The molecule has 0 saturated carbocycles. The standard InChI is InChI=1S/C25H33N5O4Si/c1-25(2,3)35(4,5)32-12-17-18-16(11-15-9-7-6-8-10-15)24(31)34-20(18)23(33-17)30-14-29-19-21(26)27-13-28-22(19)30/h6-10,13-14,16-18,20,23H,11-12H2,1-5H3,(H2,26,27,28)/t16-,17-,18-,20-,23-/m1/s1. The van der Waals surface area contributed by atoms with E-state index in [0.717, 1.165) is 5.56 Å². The van der Waals surface area contributed by atoms with Crippen molar-refractivity contribution in [1.29, 1.82) is 0 Å². The monoisotopic (exact) mass is 495 g/mol. The van der Waals surface area contributed by atoms with Gasteiger partial charge in [-0.15, -0.1) is 0 Å². The minimum absolute atomic E-state index is 0.0604. The van der Waals surface area contributed by atoms with Gasteiger partial charge in [0.25, 0.3) is 0 Å². The number of anilines is 1. The molecule has 3 aromatic rings. The van der Waals surface area contributed by atoms with Gasteiger partial charge >= 0.3 is 5.97 Å². The fourth-order valence-electron chi connectivity index (χ4n) is 4.78. The number of fused-ring (bicyclic) bond motifs is 2. The molecule has 1 aromatic carbocycles. The molecule has 2 fully saturated rings. The van der Waals surface area contributed by atoms with E-state index in [1.807, 2.05) is 30.3 Å². The maximum Gasteiger partial charge on any atom is 0.310 e. The van der Waals surface area contributed by atoms with Gasteiger partial charge in [-0.05, 0) is 30.1 Å². The van der Waals surface area contributed by atoms with Crippen LogP contribution in [0.2, 0.25) is 18.1 Å². The van der Waals surface area contributed by atoms with Crippen LogP contribution in [-0.2, 0) is 25.1 Å². The predicted molar refractivity (Wildman–Crippen MR) is 134 cm³/mol. The van der Waals surface area contributed by atoms with Gasteiger partial charge < -0.3 is 19.6 Å². The Hall–Kier alpha value is -2.82. The van der Waals surface area contributed by atoms with Crippen LogP contribution in [0.25, 0.3) is 11.2 Å². The van der Waals surface area contributed by atoms with Gasteiger partial charge in [-0.1, -0.05) is 51.1 Å². The van der Waals surface area contributed by atoms with Crippen LogP contribution in [0.1, 0.15) is 32.6 Å². The molecule has 2 saturated heterocycles. The maximum absolute atomic E-state index is 13.2. The van der Waals surface area contributed by atoms with E-state index in [1.54, 1.807) is 10.9 Å². The second kappa shape index (κ2) is 8.68. The molecule has 0 unspecified atom stereocenters. The number of rotatable bonds is 6. The number of ether oxygens (including phenoxy) is 2. The van der Waals surface area contributed by atoms with Crippen molar-refractivity contribution in [3.8, 4) is 0 Å². The maximum atomic E-state index is 13.2. The van der Waals surface area contributed by atoms with Crippen LogP contribution >= 0.6 is 0 Å². The van der Waals surface area contributed by atoms with Crippen molar-refractivity contribution in [3.05, 3.63) is 48.5 Å². The summed E-state index contributed by atoms with van der Waals surface area (Å²) in [6.07, 6.45) is 2.27. The summed E-state index contributed by atoms with van der Waals surface area (Å²) in [5.41, 5.74) is 8.14. The van der Waals surface area contributed by atoms with E-state index in [4.69, 9.17) is 19.6 Å². The van der Waals surface area contributed by atoms with E-state index in [2.05, 4.69) is 48.8 Å². The van der Waals surface area contributed by atoms with E-state index >= 15 is 0 Å². The number of nitrogens with zero attached hydrogens (tertiary/aromatic N) is 4. The molecule has 0 aliphatic carbocycles. The SMILES string of the molecule is CC(C)(C)[Si](C)(C)OC[C@H]1O[C@@H](n2cnc3c(N)ncnc32)[C@@H]2OC(=O)[C@H](Cc3ccccc3)[C@@H]21. The van der Waals surface area contributed by atoms with Crippen molar-refractivity contribution in [1.82, 2.24) is 19.5 Å². The zero-order valence-corrected chi connectivity index (χ0v) is 21.8. The van der Waals surface area contributed by atoms with Crippen molar-refractivity contribution in [2.75, 3.05) is 12.3 Å². The summed E-state index contributed by atoms with van der Waals surface area (Å²) in [4.78, 5) is 25.9. The Morgan fingerprint density at radius 1 is 1.14 bits per heavy atom. The molecule has 5 atom stereocenters. The van der Waals surface area contributed by atoms with Gasteiger partial charge in [-0.2, -0.15) is 0 Å². The number of hydrogen-bond donors (Lipinski definition) is 1. The highest BCUT2D eigenvalue weighted by molar-refractivity contribution is 6.74. The molecular weight excluding hydrogens is 462 g/mol. The van der Waals surface area contributed by atoms with Crippen LogP contribution in [0.15, 0.2) is 43.0 Å². The van der Waals surface area contributed by atoms with Gasteiger partial charge in [-0.25, -0.2) is 15.0 Å². The summed E-state index contributed by atoms with van der Waals surface area (Å²) in [5.74, 6) is -0.386. The quantitative estimate of drug-likeness (QED) is 0.406. The Morgan fingerprint density at radius 2 is 1.89 bits per heavy atom.